The zero-order valence-electron chi connectivity index (χ0n) is 16.1. The molecule has 4 rings (SSSR count). The topological polar surface area (TPSA) is 41.6 Å². The van der Waals surface area contributed by atoms with Crippen molar-refractivity contribution in [2.24, 2.45) is 5.92 Å². The fraction of sp³-hybridized carbons (Fsp3) is 0.435. The summed E-state index contributed by atoms with van der Waals surface area (Å²) in [5.41, 5.74) is 2.25. The first-order valence-electron chi connectivity index (χ1n) is 10.2. The van der Waals surface area contributed by atoms with Gasteiger partial charge in [-0.05, 0) is 55.1 Å². The van der Waals surface area contributed by atoms with Crippen LogP contribution in [-0.2, 0) is 17.8 Å². The Bertz CT molecular complexity index is 809. The van der Waals surface area contributed by atoms with Gasteiger partial charge in [-0.25, -0.2) is 4.39 Å². The normalized spacial score (nSPS) is 22.2. The molecular formula is C23H27FN2O2. The lowest BCUT2D eigenvalue weighted by Crippen LogP contribution is -2.50. The molecule has 2 aromatic carbocycles. The molecule has 0 radical (unpaired) electrons. The third kappa shape index (κ3) is 4.53. The monoisotopic (exact) mass is 382 g/mol. The van der Waals surface area contributed by atoms with E-state index in [0.29, 0.717) is 25.6 Å². The molecule has 5 heteroatoms. The molecule has 0 aromatic heterocycles. The molecule has 2 aliphatic rings. The molecule has 1 N–H and O–H groups in total. The van der Waals surface area contributed by atoms with Crippen molar-refractivity contribution in [2.45, 2.75) is 38.3 Å². The van der Waals surface area contributed by atoms with Crippen molar-refractivity contribution in [1.82, 2.24) is 10.2 Å². The molecule has 0 saturated carbocycles. The first-order chi connectivity index (χ1) is 13.7. The highest BCUT2D eigenvalue weighted by Crippen LogP contribution is 2.26. The number of carbonyl (C=O) groups excluding carboxylic acids is 1. The van der Waals surface area contributed by atoms with Crippen molar-refractivity contribution >= 4 is 5.91 Å². The van der Waals surface area contributed by atoms with Crippen molar-refractivity contribution in [1.29, 1.82) is 0 Å². The minimum absolute atomic E-state index is 0.0978. The van der Waals surface area contributed by atoms with Crippen LogP contribution in [0.2, 0.25) is 0 Å². The first kappa shape index (κ1) is 18.9. The Balaban J connectivity index is 1.33. The summed E-state index contributed by atoms with van der Waals surface area (Å²) in [6.07, 6.45) is 3.97. The van der Waals surface area contributed by atoms with Crippen molar-refractivity contribution in [2.75, 3.05) is 19.7 Å². The molecule has 2 aromatic rings. The lowest BCUT2D eigenvalue weighted by atomic mass is 9.96. The predicted octanol–water partition coefficient (Wildman–Crippen LogP) is 3.55. The van der Waals surface area contributed by atoms with Gasteiger partial charge < -0.3 is 10.1 Å². The van der Waals surface area contributed by atoms with Crippen LogP contribution in [0.5, 0.6) is 5.75 Å². The third-order valence-corrected chi connectivity index (χ3v) is 5.74. The number of benzene rings is 2. The molecule has 0 bridgehead atoms. The standard InChI is InChI=1S/C23H27FN2O2/c24-20-10-8-17(9-11-20)15-26-12-4-3-6-21(26)23(27)25-14-18-13-19-5-1-2-7-22(19)28-16-18/h1-2,5,7-11,18,21H,3-4,6,12-16H2,(H,25,27)/t18-,21+/m0/s1. The minimum Gasteiger partial charge on any atom is -0.493 e. The second-order valence-corrected chi connectivity index (χ2v) is 7.84. The quantitative estimate of drug-likeness (QED) is 0.860. The van der Waals surface area contributed by atoms with Crippen LogP contribution in [-0.4, -0.2) is 36.5 Å². The molecule has 2 aliphatic heterocycles. The summed E-state index contributed by atoms with van der Waals surface area (Å²) >= 11 is 0. The fourth-order valence-corrected chi connectivity index (χ4v) is 4.19. The van der Waals surface area contributed by atoms with E-state index in [-0.39, 0.29) is 17.8 Å². The smallest absolute Gasteiger partial charge is 0.237 e. The van der Waals surface area contributed by atoms with Crippen LogP contribution in [0.3, 0.4) is 0 Å². The molecule has 0 aliphatic carbocycles. The number of hydrogen-bond acceptors (Lipinski definition) is 3. The van der Waals surface area contributed by atoms with Crippen LogP contribution < -0.4 is 10.1 Å². The molecule has 2 atom stereocenters. The van der Waals surface area contributed by atoms with E-state index in [4.69, 9.17) is 4.74 Å². The fourth-order valence-electron chi connectivity index (χ4n) is 4.19. The number of para-hydroxylation sites is 1. The Hall–Kier alpha value is -2.40. The van der Waals surface area contributed by atoms with Crippen LogP contribution in [0.25, 0.3) is 0 Å². The Morgan fingerprint density at radius 1 is 1.14 bits per heavy atom. The molecular weight excluding hydrogens is 355 g/mol. The number of rotatable bonds is 5. The molecule has 0 unspecified atom stereocenters. The second kappa shape index (κ2) is 8.74. The molecule has 28 heavy (non-hydrogen) atoms. The number of hydrogen-bond donors (Lipinski definition) is 1. The molecule has 4 nitrogen and oxygen atoms in total. The summed E-state index contributed by atoms with van der Waals surface area (Å²) in [4.78, 5) is 15.1. The van der Waals surface area contributed by atoms with Gasteiger partial charge in [0.15, 0.2) is 0 Å². The lowest BCUT2D eigenvalue weighted by molar-refractivity contribution is -0.128. The van der Waals surface area contributed by atoms with Crippen molar-refractivity contribution in [3.05, 3.63) is 65.5 Å². The molecule has 1 fully saturated rings. The molecule has 1 amide bonds. The van der Waals surface area contributed by atoms with Gasteiger partial charge in [0, 0.05) is 19.0 Å². The van der Waals surface area contributed by atoms with E-state index in [2.05, 4.69) is 16.3 Å². The highest BCUT2D eigenvalue weighted by molar-refractivity contribution is 5.81. The van der Waals surface area contributed by atoms with E-state index >= 15 is 0 Å². The lowest BCUT2D eigenvalue weighted by Gasteiger charge is -2.35. The summed E-state index contributed by atoms with van der Waals surface area (Å²) in [6, 6.07) is 14.6. The van der Waals surface area contributed by atoms with Crippen LogP contribution in [0.15, 0.2) is 48.5 Å². The number of fused-ring (bicyclic) bond motifs is 1. The maximum absolute atomic E-state index is 13.2. The van der Waals surface area contributed by atoms with Gasteiger partial charge in [-0.2, -0.15) is 0 Å². The van der Waals surface area contributed by atoms with Gasteiger partial charge in [-0.1, -0.05) is 36.8 Å². The van der Waals surface area contributed by atoms with Crippen LogP contribution in [0.1, 0.15) is 30.4 Å². The summed E-state index contributed by atoms with van der Waals surface area (Å²) in [6.45, 7) is 2.85. The van der Waals surface area contributed by atoms with Crippen LogP contribution >= 0.6 is 0 Å². The number of nitrogens with zero attached hydrogens (tertiary/aromatic N) is 1. The van der Waals surface area contributed by atoms with Gasteiger partial charge in [-0.15, -0.1) is 0 Å². The molecule has 2 heterocycles. The Kier molecular flexibility index (Phi) is 5.91. The van der Waals surface area contributed by atoms with E-state index in [1.165, 1.54) is 17.7 Å². The van der Waals surface area contributed by atoms with Crippen LogP contribution in [0, 0.1) is 11.7 Å². The number of halogens is 1. The van der Waals surface area contributed by atoms with E-state index in [0.717, 1.165) is 43.5 Å². The van der Waals surface area contributed by atoms with E-state index in [1.54, 1.807) is 12.1 Å². The number of amides is 1. The maximum Gasteiger partial charge on any atom is 0.237 e. The predicted molar refractivity (Wildman–Crippen MR) is 107 cm³/mol. The highest BCUT2D eigenvalue weighted by atomic mass is 19.1. The third-order valence-electron chi connectivity index (χ3n) is 5.74. The number of piperidine rings is 1. The average Bonchev–Trinajstić information content (AvgIpc) is 2.74. The van der Waals surface area contributed by atoms with Crippen LogP contribution in [0.4, 0.5) is 4.39 Å². The van der Waals surface area contributed by atoms with Gasteiger partial charge in [0.2, 0.25) is 5.91 Å². The van der Waals surface area contributed by atoms with E-state index in [9.17, 15) is 9.18 Å². The summed E-state index contributed by atoms with van der Waals surface area (Å²) in [7, 11) is 0. The SMILES string of the molecule is O=C(NC[C@H]1COc2ccccc2C1)[C@H]1CCCCN1Cc1ccc(F)cc1. The Labute approximate surface area is 165 Å². The molecule has 148 valence electrons. The number of likely N-dealkylation sites (tertiary alicyclic amines) is 1. The van der Waals surface area contributed by atoms with Gasteiger partial charge >= 0.3 is 0 Å². The zero-order chi connectivity index (χ0) is 19.3. The summed E-state index contributed by atoms with van der Waals surface area (Å²) in [5.74, 6) is 1.13. The summed E-state index contributed by atoms with van der Waals surface area (Å²) in [5, 5.41) is 3.16. The minimum atomic E-state index is -0.229. The van der Waals surface area contributed by atoms with Crippen molar-refractivity contribution < 1.29 is 13.9 Å². The number of nitrogens with one attached hydrogen (secondary N) is 1. The van der Waals surface area contributed by atoms with E-state index in [1.807, 2.05) is 18.2 Å². The maximum atomic E-state index is 13.2. The second-order valence-electron chi connectivity index (χ2n) is 7.84. The Morgan fingerprint density at radius 3 is 2.82 bits per heavy atom. The van der Waals surface area contributed by atoms with Gasteiger partial charge in [0.25, 0.3) is 0 Å². The van der Waals surface area contributed by atoms with Gasteiger partial charge in [0.05, 0.1) is 12.6 Å². The number of carbonyl (C=O) groups is 1. The highest BCUT2D eigenvalue weighted by Gasteiger charge is 2.29. The average molecular weight is 382 g/mol. The van der Waals surface area contributed by atoms with E-state index < -0.39 is 0 Å². The van der Waals surface area contributed by atoms with Crippen molar-refractivity contribution in [3.8, 4) is 5.75 Å². The zero-order valence-corrected chi connectivity index (χ0v) is 16.1. The van der Waals surface area contributed by atoms with Gasteiger partial charge in [-0.3, -0.25) is 9.69 Å². The molecule has 1 saturated heterocycles. The molecule has 0 spiro atoms. The Morgan fingerprint density at radius 2 is 1.96 bits per heavy atom. The summed E-state index contributed by atoms with van der Waals surface area (Å²) < 4.78 is 19.0. The first-order valence-corrected chi connectivity index (χ1v) is 10.2. The largest absolute Gasteiger partial charge is 0.493 e. The van der Waals surface area contributed by atoms with Crippen molar-refractivity contribution in [3.63, 3.8) is 0 Å². The van der Waals surface area contributed by atoms with Gasteiger partial charge in [0.1, 0.15) is 11.6 Å². The number of ether oxygens (including phenoxy) is 1.